The lowest BCUT2D eigenvalue weighted by Crippen LogP contribution is -3.11. The second-order valence-corrected chi connectivity index (χ2v) is 20.2. The maximum atomic E-state index is 13.0. The van der Waals surface area contributed by atoms with Crippen molar-refractivity contribution in [1.82, 2.24) is 24.2 Å². The number of para-hydroxylation sites is 1. The van der Waals surface area contributed by atoms with Gasteiger partial charge in [-0.05, 0) is 56.6 Å². The minimum atomic E-state index is -4.51. The highest BCUT2D eigenvalue weighted by atomic mass is 32.2. The second kappa shape index (κ2) is 17.7. The van der Waals surface area contributed by atoms with E-state index in [0.717, 1.165) is 5.56 Å². The highest BCUT2D eigenvalue weighted by Gasteiger charge is 2.46. The molecule has 14 nitrogen and oxygen atoms in total. The zero-order valence-corrected chi connectivity index (χ0v) is 33.3. The van der Waals surface area contributed by atoms with Gasteiger partial charge in [0.15, 0.2) is 26.0 Å². The van der Waals surface area contributed by atoms with E-state index in [0.29, 0.717) is 17.6 Å². The van der Waals surface area contributed by atoms with E-state index in [4.69, 9.17) is 23.8 Å². The molecule has 0 spiro atoms. The van der Waals surface area contributed by atoms with Crippen LogP contribution in [0.3, 0.4) is 0 Å². The molecule has 0 radical (unpaired) electrons. The van der Waals surface area contributed by atoms with Crippen molar-refractivity contribution in [1.29, 1.82) is 0 Å². The SMILES string of the molecule is CC(C)(C)[Si](C)(C)O[C@@H]1C[C@@H](COS(=O)(=O)NC(=O)c2ccccc2OCc2ccccc2)O[C@H]1n1cnc2c(N)ncnc21.CC[NH+](CC)CC. The van der Waals surface area contributed by atoms with E-state index in [2.05, 4.69) is 69.6 Å². The summed E-state index contributed by atoms with van der Waals surface area (Å²) in [6.07, 6.45) is 1.40. The number of imidazole rings is 1. The molecular weight excluding hydrogens is 703 g/mol. The van der Waals surface area contributed by atoms with Gasteiger partial charge in [0.1, 0.15) is 24.2 Å². The Bertz CT molecular complexity index is 1860. The lowest BCUT2D eigenvalue weighted by atomic mass is 10.2. The molecule has 1 amide bonds. The fraction of sp³-hybridized carbons (Fsp3) is 0.500. The van der Waals surface area contributed by atoms with E-state index in [1.165, 1.54) is 32.0 Å². The minimum absolute atomic E-state index is 0.0499. The molecule has 0 unspecified atom stereocenters. The number of quaternary nitrogens is 1. The lowest BCUT2D eigenvalue weighted by Gasteiger charge is -2.39. The van der Waals surface area contributed by atoms with Crippen LogP contribution in [0.2, 0.25) is 18.1 Å². The molecule has 3 atom stereocenters. The number of anilines is 1. The quantitative estimate of drug-likeness (QED) is 0.157. The van der Waals surface area contributed by atoms with Gasteiger partial charge < -0.3 is 24.5 Å². The molecule has 3 heterocycles. The fourth-order valence-corrected chi connectivity index (χ4v) is 7.46. The molecule has 52 heavy (non-hydrogen) atoms. The lowest BCUT2D eigenvalue weighted by molar-refractivity contribution is -0.894. The van der Waals surface area contributed by atoms with Crippen LogP contribution in [0.4, 0.5) is 5.82 Å². The van der Waals surface area contributed by atoms with E-state index in [1.807, 2.05) is 35.1 Å². The average Bonchev–Trinajstić information content (AvgIpc) is 3.71. The van der Waals surface area contributed by atoms with Crippen LogP contribution in [0.5, 0.6) is 5.75 Å². The van der Waals surface area contributed by atoms with Crippen LogP contribution in [0.25, 0.3) is 11.2 Å². The first-order valence-electron chi connectivity index (χ1n) is 17.7. The number of rotatable bonds is 14. The van der Waals surface area contributed by atoms with Crippen molar-refractivity contribution in [3.05, 3.63) is 78.4 Å². The third-order valence-corrected chi connectivity index (χ3v) is 14.9. The van der Waals surface area contributed by atoms with Gasteiger partial charge in [0.05, 0.1) is 50.3 Å². The van der Waals surface area contributed by atoms with Gasteiger partial charge >= 0.3 is 10.3 Å². The molecule has 1 aliphatic rings. The normalized spacial score (nSPS) is 17.9. The summed E-state index contributed by atoms with van der Waals surface area (Å²) in [6.45, 7) is 21.0. The zero-order chi connectivity index (χ0) is 38.1. The van der Waals surface area contributed by atoms with Crippen molar-refractivity contribution < 1.29 is 36.2 Å². The summed E-state index contributed by atoms with van der Waals surface area (Å²) in [7, 11) is -6.80. The van der Waals surface area contributed by atoms with Crippen molar-refractivity contribution in [3.63, 3.8) is 0 Å². The number of hydrogen-bond acceptors (Lipinski definition) is 11. The molecule has 5 rings (SSSR count). The average molecular weight is 757 g/mol. The number of nitrogens with zero attached hydrogens (tertiary/aromatic N) is 4. The number of benzene rings is 2. The van der Waals surface area contributed by atoms with Gasteiger partial charge in [-0.3, -0.25) is 13.5 Å². The number of fused-ring (bicyclic) bond motifs is 1. The molecule has 284 valence electrons. The minimum Gasteiger partial charge on any atom is -0.488 e. The van der Waals surface area contributed by atoms with Gasteiger partial charge in [0, 0.05) is 6.42 Å². The largest absolute Gasteiger partial charge is 0.488 e. The number of nitrogens with one attached hydrogen (secondary N) is 2. The second-order valence-electron chi connectivity index (χ2n) is 14.1. The Kier molecular flexibility index (Phi) is 13.9. The smallest absolute Gasteiger partial charge is 0.362 e. The van der Waals surface area contributed by atoms with Crippen molar-refractivity contribution in [3.8, 4) is 5.75 Å². The third-order valence-electron chi connectivity index (χ3n) is 9.55. The predicted octanol–water partition coefficient (Wildman–Crippen LogP) is 4.29. The van der Waals surface area contributed by atoms with Gasteiger partial charge in [-0.15, -0.1) is 0 Å². The molecule has 16 heteroatoms. The molecule has 0 aliphatic carbocycles. The number of aromatic nitrogens is 4. The fourth-order valence-electron chi connectivity index (χ4n) is 5.41. The highest BCUT2D eigenvalue weighted by molar-refractivity contribution is 7.85. The number of hydrogen-bond donors (Lipinski definition) is 3. The van der Waals surface area contributed by atoms with E-state index < -0.39 is 43.0 Å². The summed E-state index contributed by atoms with van der Waals surface area (Å²) in [4.78, 5) is 27.4. The number of carbonyl (C=O) groups excluding carboxylic acids is 1. The number of amides is 1. The summed E-state index contributed by atoms with van der Waals surface area (Å²) >= 11 is 0. The Morgan fingerprint density at radius 3 is 2.31 bits per heavy atom. The molecule has 0 saturated carbocycles. The van der Waals surface area contributed by atoms with Crippen molar-refractivity contribution in [2.75, 3.05) is 32.0 Å². The summed E-state index contributed by atoms with van der Waals surface area (Å²) in [5.74, 6) is -0.420. The van der Waals surface area contributed by atoms with Gasteiger partial charge in [-0.25, -0.2) is 19.7 Å². The third kappa shape index (κ3) is 10.6. The topological polar surface area (TPSA) is 174 Å². The Balaban J connectivity index is 0.000000785. The molecule has 1 fully saturated rings. The molecule has 4 N–H and O–H groups in total. The molecule has 1 saturated heterocycles. The number of carbonyl (C=O) groups is 1. The van der Waals surface area contributed by atoms with Crippen molar-refractivity contribution in [2.24, 2.45) is 0 Å². The van der Waals surface area contributed by atoms with Crippen LogP contribution in [-0.2, 0) is 30.3 Å². The predicted molar refractivity (Wildman–Crippen MR) is 202 cm³/mol. The first-order chi connectivity index (χ1) is 24.6. The Labute approximate surface area is 308 Å². The molecule has 0 bridgehead atoms. The van der Waals surface area contributed by atoms with Gasteiger partial charge in [-0.1, -0.05) is 63.2 Å². The maximum Gasteiger partial charge on any atom is 0.362 e. The maximum absolute atomic E-state index is 13.0. The van der Waals surface area contributed by atoms with E-state index in [1.54, 1.807) is 34.0 Å². The highest BCUT2D eigenvalue weighted by Crippen LogP contribution is 2.42. The van der Waals surface area contributed by atoms with Crippen LogP contribution in [0.1, 0.15) is 70.1 Å². The van der Waals surface area contributed by atoms with Crippen LogP contribution in [0.15, 0.2) is 67.3 Å². The van der Waals surface area contributed by atoms with Gasteiger partial charge in [0.2, 0.25) is 0 Å². The standard InChI is InChI=1S/C30H38N6O7SSi.C6H15N/c1-30(2,3)45(4,5)43-24-15-21(42-29(24)36-19-34-25-26(31)32-18-33-27(25)36)17-41-44(38,39)35-28(37)22-13-9-10-14-23(22)40-16-20-11-7-6-8-12-20;1-4-7(5-2)6-3/h6-14,18-19,21,24,29H,15-17H2,1-5H3,(H,35,37)(H2,31,32,33);4-6H2,1-3H3/p+1/t21-,24+,29+;/m0./s1. The first-order valence-corrected chi connectivity index (χ1v) is 22.0. The summed E-state index contributed by atoms with van der Waals surface area (Å²) in [6, 6.07) is 15.8. The van der Waals surface area contributed by atoms with Crippen molar-refractivity contribution >= 4 is 41.5 Å². The van der Waals surface area contributed by atoms with Gasteiger partial charge in [-0.2, -0.15) is 8.42 Å². The van der Waals surface area contributed by atoms with Crippen molar-refractivity contribution in [2.45, 2.75) is 91.1 Å². The number of nitrogens with two attached hydrogens (primary N) is 1. The Morgan fingerprint density at radius 1 is 1.02 bits per heavy atom. The molecule has 2 aromatic carbocycles. The van der Waals surface area contributed by atoms with Crippen LogP contribution >= 0.6 is 0 Å². The monoisotopic (exact) mass is 756 g/mol. The van der Waals surface area contributed by atoms with Crippen LogP contribution < -0.4 is 20.1 Å². The summed E-state index contributed by atoms with van der Waals surface area (Å²) in [5, 5.41) is -0.0928. The zero-order valence-electron chi connectivity index (χ0n) is 31.5. The Morgan fingerprint density at radius 2 is 1.67 bits per heavy atom. The van der Waals surface area contributed by atoms with Crippen LogP contribution in [0, 0.1) is 0 Å². The van der Waals surface area contributed by atoms with Crippen LogP contribution in [-0.4, -0.2) is 80.6 Å². The van der Waals surface area contributed by atoms with Gasteiger partial charge in [0.25, 0.3) is 5.91 Å². The molecular formula is C36H54N7O7SSi+. The number of ether oxygens (including phenoxy) is 2. The Hall–Kier alpha value is -3.93. The van der Waals surface area contributed by atoms with E-state index in [-0.39, 0.29) is 35.4 Å². The van der Waals surface area contributed by atoms with E-state index >= 15 is 0 Å². The molecule has 1 aliphatic heterocycles. The summed E-state index contributed by atoms with van der Waals surface area (Å²) in [5.41, 5.74) is 7.83. The summed E-state index contributed by atoms with van der Waals surface area (Å²) < 4.78 is 53.6. The van der Waals surface area contributed by atoms with E-state index in [9.17, 15) is 13.2 Å². The molecule has 4 aromatic rings. The first kappa shape index (κ1) is 40.8. The molecule has 2 aromatic heterocycles. The number of nitrogen functional groups attached to an aromatic ring is 1.